The van der Waals surface area contributed by atoms with Gasteiger partial charge in [0.1, 0.15) is 0 Å². The van der Waals surface area contributed by atoms with Gasteiger partial charge in [0.2, 0.25) is 11.8 Å². The molecule has 0 unspecified atom stereocenters. The van der Waals surface area contributed by atoms with Gasteiger partial charge in [0.25, 0.3) is 0 Å². The highest BCUT2D eigenvalue weighted by atomic mass is 16.2. The lowest BCUT2D eigenvalue weighted by atomic mass is 9.49. The summed E-state index contributed by atoms with van der Waals surface area (Å²) in [6.45, 7) is 6.92. The molecule has 2 N–H and O–H groups in total. The summed E-state index contributed by atoms with van der Waals surface area (Å²) in [5.41, 5.74) is 2.88. The molecule has 3 aliphatic carbocycles. The molecule has 2 aromatic rings. The van der Waals surface area contributed by atoms with Gasteiger partial charge in [0.05, 0.1) is 5.54 Å². The summed E-state index contributed by atoms with van der Waals surface area (Å²) < 4.78 is 0. The molecule has 6 rings (SSSR count). The number of hydrogen-bond donors (Lipinski definition) is 2. The highest BCUT2D eigenvalue weighted by Crippen LogP contribution is 2.65. The molecule has 4 aliphatic rings. The maximum Gasteiger partial charge on any atom is 0.224 e. The fraction of sp³-hybridized carbons (Fsp3) is 0.515. The van der Waals surface area contributed by atoms with Gasteiger partial charge in [0.15, 0.2) is 0 Å². The van der Waals surface area contributed by atoms with Gasteiger partial charge in [-0.3, -0.25) is 9.59 Å². The third-order valence-corrected chi connectivity index (χ3v) is 11.0. The molecule has 2 aromatic carbocycles. The summed E-state index contributed by atoms with van der Waals surface area (Å²) in [7, 11) is 0. The summed E-state index contributed by atoms with van der Waals surface area (Å²) >= 11 is 0. The van der Waals surface area contributed by atoms with E-state index < -0.39 is 5.54 Å². The maximum absolute atomic E-state index is 14.2. The largest absolute Gasteiger partial charge is 0.342 e. The van der Waals surface area contributed by atoms with E-state index >= 15 is 0 Å². The number of nitrogens with one attached hydrogen (secondary N) is 2. The van der Waals surface area contributed by atoms with Crippen LogP contribution in [-0.4, -0.2) is 11.8 Å². The predicted octanol–water partition coefficient (Wildman–Crippen LogP) is 6.33. The Morgan fingerprint density at radius 2 is 1.57 bits per heavy atom. The van der Waals surface area contributed by atoms with Crippen LogP contribution in [0.15, 0.2) is 72.4 Å². The van der Waals surface area contributed by atoms with E-state index in [1.807, 2.05) is 12.1 Å². The minimum Gasteiger partial charge on any atom is -0.342 e. The van der Waals surface area contributed by atoms with E-state index in [1.165, 1.54) is 5.70 Å². The molecule has 1 saturated heterocycles. The summed E-state index contributed by atoms with van der Waals surface area (Å²) in [6, 6.07) is 20.7. The van der Waals surface area contributed by atoms with E-state index in [4.69, 9.17) is 0 Å². The van der Waals surface area contributed by atoms with Gasteiger partial charge >= 0.3 is 0 Å². The van der Waals surface area contributed by atoms with Crippen molar-refractivity contribution in [2.75, 3.05) is 0 Å². The van der Waals surface area contributed by atoms with Crippen LogP contribution >= 0.6 is 0 Å². The molecule has 3 fully saturated rings. The van der Waals surface area contributed by atoms with E-state index in [0.717, 1.165) is 49.7 Å². The smallest absolute Gasteiger partial charge is 0.224 e. The van der Waals surface area contributed by atoms with Crippen LogP contribution in [0.3, 0.4) is 0 Å². The van der Waals surface area contributed by atoms with Crippen LogP contribution in [0.4, 0.5) is 0 Å². The van der Waals surface area contributed by atoms with Crippen LogP contribution in [0.2, 0.25) is 0 Å². The van der Waals surface area contributed by atoms with Crippen LogP contribution in [-0.2, 0) is 15.1 Å². The first-order valence-electron chi connectivity index (χ1n) is 14.2. The van der Waals surface area contributed by atoms with Crippen LogP contribution in [0.5, 0.6) is 0 Å². The van der Waals surface area contributed by atoms with Crippen molar-refractivity contribution in [2.24, 2.45) is 34.5 Å². The van der Waals surface area contributed by atoms with E-state index in [0.29, 0.717) is 24.2 Å². The SMILES string of the molecule is CC(NC(=O)[C@H]1CC[C@H]2[C@@H]3CC=C4NC(=O)CC[C@]4(C)[C@H]3CC[C@]12C)(c1ccccc1)c1ccccc1. The van der Waals surface area contributed by atoms with Crippen molar-refractivity contribution >= 4 is 11.8 Å². The number of hydrogen-bond acceptors (Lipinski definition) is 2. The molecule has 194 valence electrons. The minimum atomic E-state index is -0.582. The van der Waals surface area contributed by atoms with Crippen LogP contribution < -0.4 is 10.6 Å². The molecular formula is C33H40N2O2. The highest BCUT2D eigenvalue weighted by molar-refractivity contribution is 5.82. The molecule has 1 aliphatic heterocycles. The Labute approximate surface area is 221 Å². The predicted molar refractivity (Wildman–Crippen MR) is 146 cm³/mol. The normalized spacial score (nSPS) is 34.9. The van der Waals surface area contributed by atoms with Crippen molar-refractivity contribution in [1.82, 2.24) is 10.6 Å². The van der Waals surface area contributed by atoms with E-state index in [1.54, 1.807) is 0 Å². The third-order valence-electron chi connectivity index (χ3n) is 11.0. The lowest BCUT2D eigenvalue weighted by molar-refractivity contribution is -0.134. The molecule has 0 radical (unpaired) electrons. The molecule has 4 heteroatoms. The highest BCUT2D eigenvalue weighted by Gasteiger charge is 2.60. The number of piperidine rings is 1. The first-order chi connectivity index (χ1) is 17.8. The zero-order valence-corrected chi connectivity index (χ0v) is 22.4. The van der Waals surface area contributed by atoms with Crippen molar-refractivity contribution in [3.05, 3.63) is 83.6 Å². The standard InChI is InChI=1S/C33H40N2O2/c1-31-20-18-26-24(14-17-28-32(26,2)21-19-29(36)34-28)25(31)15-16-27(31)30(37)35-33(3,22-10-6-4-7-11-22)23-12-8-5-9-13-23/h4-13,17,24-27H,14-16,18-21H2,1-3H3,(H,34,36)(H,35,37)/t24-,25-,26-,27+,31-,32+/m0/s1. The molecule has 2 saturated carbocycles. The Hall–Kier alpha value is -2.88. The van der Waals surface area contributed by atoms with E-state index in [2.05, 4.69) is 86.0 Å². The number of rotatable bonds is 4. The number of benzene rings is 2. The first kappa shape index (κ1) is 24.5. The fourth-order valence-corrected chi connectivity index (χ4v) is 8.81. The van der Waals surface area contributed by atoms with Crippen molar-refractivity contribution in [3.63, 3.8) is 0 Å². The van der Waals surface area contributed by atoms with E-state index in [9.17, 15) is 9.59 Å². The van der Waals surface area contributed by atoms with Gasteiger partial charge in [-0.2, -0.15) is 0 Å². The molecule has 4 nitrogen and oxygen atoms in total. The maximum atomic E-state index is 14.2. The van der Waals surface area contributed by atoms with Crippen LogP contribution in [0.25, 0.3) is 0 Å². The van der Waals surface area contributed by atoms with Gasteiger partial charge in [-0.05, 0) is 79.7 Å². The average Bonchev–Trinajstić information content (AvgIpc) is 3.27. The molecule has 37 heavy (non-hydrogen) atoms. The van der Waals surface area contributed by atoms with Crippen molar-refractivity contribution < 1.29 is 9.59 Å². The van der Waals surface area contributed by atoms with Crippen molar-refractivity contribution in [3.8, 4) is 0 Å². The Morgan fingerprint density at radius 3 is 2.22 bits per heavy atom. The molecular weight excluding hydrogens is 456 g/mol. The van der Waals surface area contributed by atoms with E-state index in [-0.39, 0.29) is 28.6 Å². The summed E-state index contributed by atoms with van der Waals surface area (Å²) in [4.78, 5) is 26.3. The van der Waals surface area contributed by atoms with Gasteiger partial charge in [-0.1, -0.05) is 80.6 Å². The second-order valence-electron chi connectivity index (χ2n) is 12.7. The summed E-state index contributed by atoms with van der Waals surface area (Å²) in [6.07, 6.45) is 9.22. The third kappa shape index (κ3) is 3.78. The van der Waals surface area contributed by atoms with Gasteiger partial charge < -0.3 is 10.6 Å². The Balaban J connectivity index is 1.27. The quantitative estimate of drug-likeness (QED) is 0.520. The van der Waals surface area contributed by atoms with Crippen LogP contribution in [0.1, 0.15) is 76.8 Å². The molecule has 0 aromatic heterocycles. The summed E-state index contributed by atoms with van der Waals surface area (Å²) in [5.74, 6) is 2.12. The lowest BCUT2D eigenvalue weighted by Gasteiger charge is -2.57. The monoisotopic (exact) mass is 496 g/mol. The van der Waals surface area contributed by atoms with Gasteiger partial charge in [0, 0.05) is 23.5 Å². The van der Waals surface area contributed by atoms with Crippen molar-refractivity contribution in [2.45, 2.75) is 71.3 Å². The topological polar surface area (TPSA) is 58.2 Å². The Bertz CT molecular complexity index is 1180. The van der Waals surface area contributed by atoms with Gasteiger partial charge in [-0.15, -0.1) is 0 Å². The molecule has 0 bridgehead atoms. The summed E-state index contributed by atoms with van der Waals surface area (Å²) in [5, 5.41) is 6.76. The second kappa shape index (κ2) is 8.85. The van der Waals surface area contributed by atoms with Crippen LogP contribution in [0, 0.1) is 34.5 Å². The number of fused-ring (bicyclic) bond motifs is 5. The lowest BCUT2D eigenvalue weighted by Crippen LogP contribution is -2.55. The molecule has 2 amide bonds. The number of carbonyl (C=O) groups excluding carboxylic acids is 2. The molecule has 0 spiro atoms. The number of carbonyl (C=O) groups is 2. The number of allylic oxidation sites excluding steroid dienone is 2. The Morgan fingerprint density at radius 1 is 0.919 bits per heavy atom. The second-order valence-corrected chi connectivity index (χ2v) is 12.7. The fourth-order valence-electron chi connectivity index (χ4n) is 8.81. The number of amides is 2. The average molecular weight is 497 g/mol. The van der Waals surface area contributed by atoms with Crippen molar-refractivity contribution in [1.29, 1.82) is 0 Å². The minimum absolute atomic E-state index is 0.0130. The first-order valence-corrected chi connectivity index (χ1v) is 14.2. The van der Waals surface area contributed by atoms with Gasteiger partial charge in [-0.25, -0.2) is 0 Å². The molecule has 1 heterocycles. The Kier molecular flexibility index (Phi) is 5.85. The zero-order chi connectivity index (χ0) is 25.8. The molecule has 6 atom stereocenters. The zero-order valence-electron chi connectivity index (χ0n) is 22.4.